The average Bonchev–Trinajstić information content (AvgIpc) is 3.96. The number of carboxylic acids is 2. The van der Waals surface area contributed by atoms with Gasteiger partial charge >= 0.3 is 24.1 Å². The first-order valence-corrected chi connectivity index (χ1v) is 22.2. The Balaban J connectivity index is 0.985. The molecule has 3 aliphatic carbocycles. The molecule has 0 bridgehead atoms. The van der Waals surface area contributed by atoms with Gasteiger partial charge in [-0.05, 0) is 101 Å². The number of pyridine rings is 1. The quantitative estimate of drug-likeness (QED) is 0.0846. The van der Waals surface area contributed by atoms with Gasteiger partial charge in [0.15, 0.2) is 11.5 Å². The highest BCUT2D eigenvalue weighted by molar-refractivity contribution is 5.88. The number of nitrogens with one attached hydrogen (secondary N) is 2. The number of carboxylic acid groups (broad SMARTS) is 2. The van der Waals surface area contributed by atoms with Gasteiger partial charge in [0.25, 0.3) is 0 Å². The SMILES string of the molecule is Cc1nc(-c2nnn(C)c2NC(=O)OCC2CC2)ccc1O[C@H]1CC(Cn2nnc(-c3cnc(OC4CCC[C@H](C(=O)O)C4)c(C)n3)c2CNC(=O)OCc2ccccc2)C[C@H](C(=O)O)C1. The van der Waals surface area contributed by atoms with Crippen LogP contribution in [0.2, 0.25) is 0 Å². The Morgan fingerprint density at radius 2 is 1.52 bits per heavy atom. The molecule has 1 aromatic carbocycles. The highest BCUT2D eigenvalue weighted by Crippen LogP contribution is 2.36. The lowest BCUT2D eigenvalue weighted by Gasteiger charge is -2.33. The number of benzene rings is 1. The second kappa shape index (κ2) is 20.3. The fourth-order valence-electron chi connectivity index (χ4n) is 8.45. The Morgan fingerprint density at radius 3 is 2.26 bits per heavy atom. The third-order valence-electron chi connectivity index (χ3n) is 12.2. The van der Waals surface area contributed by atoms with E-state index in [4.69, 9.17) is 28.9 Å². The van der Waals surface area contributed by atoms with Gasteiger partial charge < -0.3 is 34.5 Å². The lowest BCUT2D eigenvalue weighted by molar-refractivity contribution is -0.145. The molecule has 2 unspecified atom stereocenters. The van der Waals surface area contributed by atoms with E-state index in [1.807, 2.05) is 30.3 Å². The first-order valence-electron chi connectivity index (χ1n) is 22.2. The molecule has 348 valence electrons. The summed E-state index contributed by atoms with van der Waals surface area (Å²) in [4.78, 5) is 63.7. The molecule has 0 spiro atoms. The Hall–Kier alpha value is -7.19. The molecular weight excluding hydrogens is 855 g/mol. The smallest absolute Gasteiger partial charge is 0.412 e. The topological polar surface area (TPSA) is 270 Å². The molecule has 0 saturated heterocycles. The van der Waals surface area contributed by atoms with Crippen LogP contribution >= 0.6 is 0 Å². The average molecular weight is 908 g/mol. The van der Waals surface area contributed by atoms with Crippen LogP contribution in [0.15, 0.2) is 48.7 Å². The maximum absolute atomic E-state index is 13.0. The molecule has 2 amide bonds. The van der Waals surface area contributed by atoms with Gasteiger partial charge in [0.05, 0.1) is 54.4 Å². The predicted molar refractivity (Wildman–Crippen MR) is 233 cm³/mol. The van der Waals surface area contributed by atoms with Crippen molar-refractivity contribution in [1.82, 2.24) is 50.3 Å². The lowest BCUT2D eigenvalue weighted by Crippen LogP contribution is -2.36. The van der Waals surface area contributed by atoms with Crippen LogP contribution < -0.4 is 20.1 Å². The Labute approximate surface area is 379 Å². The molecule has 5 aromatic rings. The van der Waals surface area contributed by atoms with Crippen LogP contribution in [0.25, 0.3) is 22.8 Å². The lowest BCUT2D eigenvalue weighted by atomic mass is 9.79. The molecule has 4 aromatic heterocycles. The number of aryl methyl sites for hydroxylation is 3. The van der Waals surface area contributed by atoms with Gasteiger partial charge in [-0.15, -0.1) is 10.2 Å². The van der Waals surface area contributed by atoms with Crippen LogP contribution in [0, 0.1) is 37.5 Å². The molecule has 5 atom stereocenters. The zero-order valence-corrected chi connectivity index (χ0v) is 37.0. The zero-order valence-electron chi connectivity index (χ0n) is 37.0. The van der Waals surface area contributed by atoms with Crippen LogP contribution in [0.1, 0.15) is 80.4 Å². The normalized spacial score (nSPS) is 20.5. The standard InChI is InChI=1S/C45H53N11O10/c1-25-37(15-14-34(48-25)39-40(55(3)53-52-39)50-45(62)64-24-28-12-13-28)65-33-17-29(16-31(19-33)43(59)60)22-56-36(21-47-44(61)63-23-27-8-5-4-6-9-27)38(51-54-56)35-20-46-41(26(2)49-35)66-32-11-7-10-30(18-32)42(57)58/h4-6,8-9,14-15,20,28-33H,7,10-13,16-19,21-24H2,1-3H3,(H,47,61)(H,50,62)(H,57,58)(H,59,60)/t29?,30-,31-,32?,33-/m0/s1. The van der Waals surface area contributed by atoms with E-state index in [9.17, 15) is 29.4 Å². The molecule has 21 heteroatoms. The van der Waals surface area contributed by atoms with Crippen molar-refractivity contribution >= 4 is 29.9 Å². The van der Waals surface area contributed by atoms with Crippen LogP contribution in [0.4, 0.5) is 15.4 Å². The second-order valence-electron chi connectivity index (χ2n) is 17.3. The number of aliphatic carboxylic acids is 2. The number of anilines is 1. The minimum Gasteiger partial charge on any atom is -0.488 e. The number of carbonyl (C=O) groups is 4. The number of hydrogen-bond acceptors (Lipinski definition) is 15. The molecular formula is C45H53N11O10. The first kappa shape index (κ1) is 45.4. The molecule has 3 fully saturated rings. The maximum Gasteiger partial charge on any atom is 0.412 e. The second-order valence-corrected chi connectivity index (χ2v) is 17.3. The van der Waals surface area contributed by atoms with E-state index in [-0.39, 0.29) is 44.0 Å². The van der Waals surface area contributed by atoms with E-state index < -0.39 is 42.1 Å². The summed E-state index contributed by atoms with van der Waals surface area (Å²) >= 11 is 0. The molecule has 3 saturated carbocycles. The van der Waals surface area contributed by atoms with Crippen molar-refractivity contribution in [2.45, 2.75) is 104 Å². The van der Waals surface area contributed by atoms with E-state index in [1.54, 1.807) is 37.7 Å². The molecule has 8 rings (SSSR count). The third-order valence-corrected chi connectivity index (χ3v) is 12.2. The maximum atomic E-state index is 13.0. The van der Waals surface area contributed by atoms with Crippen molar-refractivity contribution in [3.05, 3.63) is 71.3 Å². The summed E-state index contributed by atoms with van der Waals surface area (Å²) < 4.78 is 26.5. The number of nitrogens with zero attached hydrogens (tertiary/aromatic N) is 9. The van der Waals surface area contributed by atoms with Crippen LogP contribution in [-0.4, -0.2) is 98.1 Å². The van der Waals surface area contributed by atoms with Crippen molar-refractivity contribution in [3.63, 3.8) is 0 Å². The molecule has 21 nitrogen and oxygen atoms in total. The summed E-state index contributed by atoms with van der Waals surface area (Å²) in [5.41, 5.74) is 3.81. The Morgan fingerprint density at radius 1 is 0.758 bits per heavy atom. The number of alkyl carbamates (subject to hydrolysis) is 1. The monoisotopic (exact) mass is 907 g/mol. The molecule has 4 heterocycles. The molecule has 0 aliphatic heterocycles. The molecule has 4 N–H and O–H groups in total. The number of aromatic nitrogens is 9. The number of carbonyl (C=O) groups excluding carboxylic acids is 2. The highest BCUT2D eigenvalue weighted by atomic mass is 16.6. The van der Waals surface area contributed by atoms with Crippen LogP contribution in [0.5, 0.6) is 11.6 Å². The number of hydrogen-bond donors (Lipinski definition) is 4. The summed E-state index contributed by atoms with van der Waals surface area (Å²) in [7, 11) is 1.65. The Kier molecular flexibility index (Phi) is 14.0. The zero-order chi connectivity index (χ0) is 46.3. The number of ether oxygens (including phenoxy) is 4. The Bertz CT molecular complexity index is 2550. The van der Waals surface area contributed by atoms with E-state index in [2.05, 4.69) is 36.2 Å². The summed E-state index contributed by atoms with van der Waals surface area (Å²) in [6, 6.07) is 12.7. The molecule has 0 radical (unpaired) electrons. The number of rotatable bonds is 17. The fourth-order valence-corrected chi connectivity index (χ4v) is 8.45. The van der Waals surface area contributed by atoms with Gasteiger partial charge in [-0.2, -0.15) is 0 Å². The van der Waals surface area contributed by atoms with Crippen LogP contribution in [0.3, 0.4) is 0 Å². The van der Waals surface area contributed by atoms with E-state index in [1.165, 1.54) is 10.9 Å². The van der Waals surface area contributed by atoms with Crippen molar-refractivity contribution < 1.29 is 48.3 Å². The molecule has 66 heavy (non-hydrogen) atoms. The predicted octanol–water partition coefficient (Wildman–Crippen LogP) is 5.90. The molecule has 3 aliphatic rings. The first-order chi connectivity index (χ1) is 31.9. The van der Waals surface area contributed by atoms with Gasteiger partial charge in [0.1, 0.15) is 35.5 Å². The number of amides is 2. The summed E-state index contributed by atoms with van der Waals surface area (Å²) in [5, 5.41) is 42.6. The minimum atomic E-state index is -0.945. The summed E-state index contributed by atoms with van der Waals surface area (Å²) in [5.74, 6) is -1.74. The highest BCUT2D eigenvalue weighted by Gasteiger charge is 2.36. The van der Waals surface area contributed by atoms with E-state index >= 15 is 0 Å². The van der Waals surface area contributed by atoms with E-state index in [0.717, 1.165) is 24.8 Å². The van der Waals surface area contributed by atoms with Gasteiger partial charge in [-0.3, -0.25) is 14.9 Å². The van der Waals surface area contributed by atoms with Crippen molar-refractivity contribution in [2.24, 2.45) is 30.7 Å². The largest absolute Gasteiger partial charge is 0.488 e. The minimum absolute atomic E-state index is 0.0511. The fraction of sp³-hybridized carbons (Fsp3) is 0.489. The van der Waals surface area contributed by atoms with Gasteiger partial charge in [0, 0.05) is 13.6 Å². The van der Waals surface area contributed by atoms with Gasteiger partial charge in [-0.1, -0.05) is 40.8 Å². The van der Waals surface area contributed by atoms with Gasteiger partial charge in [-0.25, -0.2) is 33.9 Å². The summed E-state index contributed by atoms with van der Waals surface area (Å²) in [6.07, 6.45) is 5.02. The third kappa shape index (κ3) is 11.4. The van der Waals surface area contributed by atoms with E-state index in [0.29, 0.717) is 96.1 Å². The van der Waals surface area contributed by atoms with Crippen molar-refractivity contribution in [3.8, 4) is 34.4 Å². The van der Waals surface area contributed by atoms with Crippen LogP contribution in [-0.2, 0) is 45.8 Å². The summed E-state index contributed by atoms with van der Waals surface area (Å²) in [6.45, 7) is 4.12. The van der Waals surface area contributed by atoms with Gasteiger partial charge in [0.2, 0.25) is 5.88 Å². The van der Waals surface area contributed by atoms with Crippen molar-refractivity contribution in [1.29, 1.82) is 0 Å². The van der Waals surface area contributed by atoms with Crippen molar-refractivity contribution in [2.75, 3.05) is 11.9 Å².